The number of halogens is 1. The van der Waals surface area contributed by atoms with Crippen LogP contribution in [0.5, 0.6) is 5.88 Å². The highest BCUT2D eigenvalue weighted by Gasteiger charge is 2.19. The first-order chi connectivity index (χ1) is 8.33. The molecule has 1 aromatic rings. The number of nitrogens with one attached hydrogen (secondary N) is 1. The van der Waals surface area contributed by atoms with Gasteiger partial charge in [0.05, 0.1) is 6.61 Å². The predicted octanol–water partition coefficient (Wildman–Crippen LogP) is 1.49. The number of likely N-dealkylation sites (N-methyl/N-ethyl adjacent to an activating group) is 1. The Morgan fingerprint density at radius 3 is 3.06 bits per heavy atom. The molecule has 2 rings (SSSR count). The van der Waals surface area contributed by atoms with E-state index in [9.17, 15) is 0 Å². The summed E-state index contributed by atoms with van der Waals surface area (Å²) in [6.07, 6.45) is 4.00. The molecule has 5 nitrogen and oxygen atoms in total. The van der Waals surface area contributed by atoms with E-state index in [4.69, 9.17) is 4.74 Å². The number of ether oxygens (including phenoxy) is 1. The quantitative estimate of drug-likeness (QED) is 0.900. The molecule has 0 amide bonds. The predicted molar refractivity (Wildman–Crippen MR) is 74.7 cm³/mol. The highest BCUT2D eigenvalue weighted by molar-refractivity contribution is 5.85. The lowest BCUT2D eigenvalue weighted by Gasteiger charge is -2.33. The van der Waals surface area contributed by atoms with Gasteiger partial charge >= 0.3 is 0 Å². The topological polar surface area (TPSA) is 50.3 Å². The SMILES string of the molecule is CCOc1cc(N2CCCC(NC)C2)ncn1.Cl. The van der Waals surface area contributed by atoms with Crippen LogP contribution in [0.3, 0.4) is 0 Å². The molecule has 0 bridgehead atoms. The van der Waals surface area contributed by atoms with Gasteiger partial charge in [-0.2, -0.15) is 0 Å². The Labute approximate surface area is 114 Å². The molecule has 0 aliphatic carbocycles. The monoisotopic (exact) mass is 272 g/mol. The maximum absolute atomic E-state index is 5.40. The third-order valence-corrected chi connectivity index (χ3v) is 3.07. The molecule has 102 valence electrons. The number of rotatable bonds is 4. The Morgan fingerprint density at radius 2 is 2.33 bits per heavy atom. The lowest BCUT2D eigenvalue weighted by molar-refractivity contribution is 0.326. The van der Waals surface area contributed by atoms with E-state index in [1.165, 1.54) is 12.8 Å². The third kappa shape index (κ3) is 3.71. The van der Waals surface area contributed by atoms with Crippen LogP contribution in [0.25, 0.3) is 0 Å². The second-order valence-electron chi connectivity index (χ2n) is 4.22. The molecule has 2 heterocycles. The summed E-state index contributed by atoms with van der Waals surface area (Å²) < 4.78 is 5.40. The minimum Gasteiger partial charge on any atom is -0.478 e. The van der Waals surface area contributed by atoms with Crippen LogP contribution < -0.4 is 15.0 Å². The van der Waals surface area contributed by atoms with Gasteiger partial charge in [-0.3, -0.25) is 0 Å². The minimum atomic E-state index is 0. The van der Waals surface area contributed by atoms with Gasteiger partial charge in [0.1, 0.15) is 12.1 Å². The first-order valence-corrected chi connectivity index (χ1v) is 6.20. The van der Waals surface area contributed by atoms with Crippen molar-refractivity contribution in [3.8, 4) is 5.88 Å². The molecule has 1 atom stereocenters. The summed E-state index contributed by atoms with van der Waals surface area (Å²) in [4.78, 5) is 10.7. The van der Waals surface area contributed by atoms with Crippen molar-refractivity contribution < 1.29 is 4.74 Å². The summed E-state index contributed by atoms with van der Waals surface area (Å²) in [7, 11) is 2.01. The van der Waals surface area contributed by atoms with Crippen LogP contribution in [0.15, 0.2) is 12.4 Å². The summed E-state index contributed by atoms with van der Waals surface area (Å²) >= 11 is 0. The molecule has 1 N–H and O–H groups in total. The number of aromatic nitrogens is 2. The molecule has 6 heteroatoms. The zero-order chi connectivity index (χ0) is 12.1. The highest BCUT2D eigenvalue weighted by atomic mass is 35.5. The van der Waals surface area contributed by atoms with Gasteiger partial charge in [-0.1, -0.05) is 0 Å². The molecule has 1 fully saturated rings. The fraction of sp³-hybridized carbons (Fsp3) is 0.667. The molecular formula is C12H21ClN4O. The number of hydrogen-bond acceptors (Lipinski definition) is 5. The average Bonchev–Trinajstić information content (AvgIpc) is 2.40. The van der Waals surface area contributed by atoms with Crippen LogP contribution in [0.2, 0.25) is 0 Å². The Morgan fingerprint density at radius 1 is 1.50 bits per heavy atom. The van der Waals surface area contributed by atoms with Crippen molar-refractivity contribution in [2.75, 3.05) is 31.6 Å². The van der Waals surface area contributed by atoms with E-state index in [0.717, 1.165) is 18.9 Å². The summed E-state index contributed by atoms with van der Waals surface area (Å²) in [6, 6.07) is 2.47. The number of anilines is 1. The van der Waals surface area contributed by atoms with Gasteiger partial charge in [-0.25, -0.2) is 9.97 Å². The molecule has 0 aromatic carbocycles. The van der Waals surface area contributed by atoms with Crippen molar-refractivity contribution in [3.63, 3.8) is 0 Å². The van der Waals surface area contributed by atoms with Gasteiger partial charge < -0.3 is 15.0 Å². The molecule has 1 aromatic heterocycles. The maximum atomic E-state index is 5.40. The van der Waals surface area contributed by atoms with Gasteiger partial charge in [0.2, 0.25) is 5.88 Å². The van der Waals surface area contributed by atoms with E-state index < -0.39 is 0 Å². The average molecular weight is 273 g/mol. The standard InChI is InChI=1S/C12H20N4O.ClH/c1-3-17-12-7-11(14-9-15-12)16-6-4-5-10(8-16)13-2;/h7,9-10,13H,3-6,8H2,1-2H3;1H. The molecule has 1 saturated heterocycles. The molecule has 18 heavy (non-hydrogen) atoms. The van der Waals surface area contributed by atoms with Crippen molar-refractivity contribution >= 4 is 18.2 Å². The smallest absolute Gasteiger partial charge is 0.218 e. The van der Waals surface area contributed by atoms with Crippen molar-refractivity contribution in [1.29, 1.82) is 0 Å². The van der Waals surface area contributed by atoms with Gasteiger partial charge in [0, 0.05) is 25.2 Å². The van der Waals surface area contributed by atoms with Crippen LogP contribution >= 0.6 is 12.4 Å². The van der Waals surface area contributed by atoms with E-state index in [0.29, 0.717) is 18.5 Å². The lowest BCUT2D eigenvalue weighted by atomic mass is 10.1. The first kappa shape index (κ1) is 15.0. The van der Waals surface area contributed by atoms with Gasteiger partial charge in [-0.05, 0) is 26.8 Å². The second-order valence-corrected chi connectivity index (χ2v) is 4.22. The number of hydrogen-bond donors (Lipinski definition) is 1. The molecule has 1 unspecified atom stereocenters. The van der Waals surface area contributed by atoms with Crippen molar-refractivity contribution in [3.05, 3.63) is 12.4 Å². The Bertz CT molecular complexity index is 364. The van der Waals surface area contributed by atoms with E-state index in [1.807, 2.05) is 20.0 Å². The van der Waals surface area contributed by atoms with E-state index in [2.05, 4.69) is 20.2 Å². The molecule has 1 aliphatic heterocycles. The van der Waals surface area contributed by atoms with Crippen LogP contribution in [0.1, 0.15) is 19.8 Å². The molecular weight excluding hydrogens is 252 g/mol. The number of piperidine rings is 1. The van der Waals surface area contributed by atoms with Crippen LogP contribution in [0, 0.1) is 0 Å². The van der Waals surface area contributed by atoms with Gasteiger partial charge in [-0.15, -0.1) is 12.4 Å². The minimum absolute atomic E-state index is 0. The van der Waals surface area contributed by atoms with Gasteiger partial charge in [0.15, 0.2) is 0 Å². The molecule has 0 saturated carbocycles. The first-order valence-electron chi connectivity index (χ1n) is 6.20. The fourth-order valence-corrected chi connectivity index (χ4v) is 2.15. The normalized spacial score (nSPS) is 19.2. The van der Waals surface area contributed by atoms with Crippen LogP contribution in [-0.4, -0.2) is 42.8 Å². The Balaban J connectivity index is 0.00000162. The van der Waals surface area contributed by atoms with Crippen LogP contribution in [0.4, 0.5) is 5.82 Å². The summed E-state index contributed by atoms with van der Waals surface area (Å²) in [6.45, 7) is 4.65. The van der Waals surface area contributed by atoms with Crippen molar-refractivity contribution in [1.82, 2.24) is 15.3 Å². The highest BCUT2D eigenvalue weighted by Crippen LogP contribution is 2.20. The van der Waals surface area contributed by atoms with E-state index >= 15 is 0 Å². The zero-order valence-corrected chi connectivity index (χ0v) is 11.7. The Hall–Kier alpha value is -1.07. The summed E-state index contributed by atoms with van der Waals surface area (Å²) in [5.74, 6) is 1.62. The Kier molecular flexibility index (Phi) is 6.15. The van der Waals surface area contributed by atoms with Crippen LogP contribution in [-0.2, 0) is 0 Å². The van der Waals surface area contributed by atoms with Crippen molar-refractivity contribution in [2.24, 2.45) is 0 Å². The van der Waals surface area contributed by atoms with E-state index in [1.54, 1.807) is 6.33 Å². The molecule has 0 spiro atoms. The number of nitrogens with zero attached hydrogens (tertiary/aromatic N) is 3. The molecule has 0 radical (unpaired) electrons. The van der Waals surface area contributed by atoms with Gasteiger partial charge in [0.25, 0.3) is 0 Å². The van der Waals surface area contributed by atoms with E-state index in [-0.39, 0.29) is 12.4 Å². The molecule has 1 aliphatic rings. The maximum Gasteiger partial charge on any atom is 0.218 e. The second kappa shape index (κ2) is 7.38. The fourth-order valence-electron chi connectivity index (χ4n) is 2.15. The summed E-state index contributed by atoms with van der Waals surface area (Å²) in [5.41, 5.74) is 0. The summed E-state index contributed by atoms with van der Waals surface area (Å²) in [5, 5.41) is 3.33. The third-order valence-electron chi connectivity index (χ3n) is 3.07. The lowest BCUT2D eigenvalue weighted by Crippen LogP contribution is -2.44. The largest absolute Gasteiger partial charge is 0.478 e. The van der Waals surface area contributed by atoms with Crippen molar-refractivity contribution in [2.45, 2.75) is 25.8 Å². The zero-order valence-electron chi connectivity index (χ0n) is 10.9.